The molecule has 0 amide bonds. The summed E-state index contributed by atoms with van der Waals surface area (Å²) in [5.74, 6) is -0.853. The Morgan fingerprint density at radius 2 is 1.25 bits per heavy atom. The summed E-state index contributed by atoms with van der Waals surface area (Å²) in [6, 6.07) is 0. The van der Waals surface area contributed by atoms with E-state index in [2.05, 4.69) is 26.0 Å². The van der Waals surface area contributed by atoms with Gasteiger partial charge in [0.25, 0.3) is 7.82 Å². The molecule has 0 N–H and O–H groups in total. The molecule has 1 aliphatic heterocycles. The first-order valence-corrected chi connectivity index (χ1v) is 22.0. The van der Waals surface area contributed by atoms with E-state index in [4.69, 9.17) is 23.3 Å². The molecule has 10 nitrogen and oxygen atoms in total. The first kappa shape index (κ1) is 47.7. The summed E-state index contributed by atoms with van der Waals surface area (Å²) in [6.45, 7) is 4.16. The Hall–Kier alpha value is -1.29. The Balaban J connectivity index is 2.29. The third-order valence-corrected chi connectivity index (χ3v) is 10.2. The second-order valence-electron chi connectivity index (χ2n) is 15.4. The molecule has 51 heavy (non-hydrogen) atoms. The number of quaternary nitrogens is 1. The molecule has 1 heterocycles. The quantitative estimate of drug-likeness (QED) is 0.0154. The largest absolute Gasteiger partial charge is 0.756 e. The van der Waals surface area contributed by atoms with Crippen molar-refractivity contribution >= 4 is 19.8 Å². The lowest BCUT2D eigenvalue weighted by Crippen LogP contribution is -2.37. The van der Waals surface area contributed by atoms with Gasteiger partial charge in [0.15, 0.2) is 6.10 Å². The number of carbonyl (C=O) groups is 2. The minimum absolute atomic E-state index is 0.0330. The highest BCUT2D eigenvalue weighted by Crippen LogP contribution is 2.38. The van der Waals surface area contributed by atoms with Gasteiger partial charge in [-0.1, -0.05) is 129 Å². The fourth-order valence-corrected chi connectivity index (χ4v) is 6.57. The van der Waals surface area contributed by atoms with Crippen LogP contribution in [-0.4, -0.2) is 82.2 Å². The number of allylic oxidation sites excluding steroid dienone is 1. The Kier molecular flexibility index (Phi) is 28.2. The molecule has 11 heteroatoms. The Morgan fingerprint density at radius 1 is 0.706 bits per heavy atom. The first-order valence-electron chi connectivity index (χ1n) is 20.5. The highest BCUT2D eigenvalue weighted by molar-refractivity contribution is 7.45. The van der Waals surface area contributed by atoms with Crippen LogP contribution < -0.4 is 4.89 Å². The number of hydrogen-bond donors (Lipinski definition) is 0. The van der Waals surface area contributed by atoms with E-state index in [0.29, 0.717) is 36.1 Å². The van der Waals surface area contributed by atoms with E-state index in [9.17, 15) is 19.0 Å². The van der Waals surface area contributed by atoms with E-state index < -0.39 is 32.5 Å². The van der Waals surface area contributed by atoms with Gasteiger partial charge in [-0.2, -0.15) is 0 Å². The van der Waals surface area contributed by atoms with E-state index in [1.807, 2.05) is 21.1 Å². The smallest absolute Gasteiger partial charge is 0.306 e. The van der Waals surface area contributed by atoms with Crippen LogP contribution in [-0.2, 0) is 37.4 Å². The number of ether oxygens (including phenoxy) is 3. The topological polar surface area (TPSA) is 124 Å². The first-order chi connectivity index (χ1) is 24.5. The molecule has 0 aromatic carbocycles. The number of phosphoric acid groups is 1. The summed E-state index contributed by atoms with van der Waals surface area (Å²) in [5.41, 5.74) is 0. The molecule has 0 aliphatic carbocycles. The molecule has 0 aromatic heterocycles. The maximum atomic E-state index is 12.6. The van der Waals surface area contributed by atoms with Crippen LogP contribution >= 0.6 is 7.82 Å². The molecule has 1 saturated heterocycles. The van der Waals surface area contributed by atoms with E-state index in [1.165, 1.54) is 70.6 Å². The number of esters is 2. The number of unbranched alkanes of at least 4 members (excludes halogenated alkanes) is 17. The predicted octanol–water partition coefficient (Wildman–Crippen LogP) is 9.38. The lowest BCUT2D eigenvalue weighted by Gasteiger charge is -2.28. The van der Waals surface area contributed by atoms with Crippen molar-refractivity contribution in [1.29, 1.82) is 0 Å². The van der Waals surface area contributed by atoms with Gasteiger partial charge in [0, 0.05) is 12.8 Å². The van der Waals surface area contributed by atoms with Crippen LogP contribution in [0.25, 0.3) is 0 Å². The van der Waals surface area contributed by atoms with E-state index in [-0.39, 0.29) is 26.1 Å². The summed E-state index contributed by atoms with van der Waals surface area (Å²) in [7, 11) is 1.15. The SMILES string of the molecule is CCCCCCCCCCCCCC(=O)O[C@H](COC(=O)CCCCCCC/C=C\CC1OC1CCCCC)COP(=O)([O-])OCC[N+](C)(C)C. The average molecular weight is 746 g/mol. The number of nitrogens with zero attached hydrogens (tertiary/aromatic N) is 1. The van der Waals surface area contributed by atoms with Gasteiger partial charge in [-0.25, -0.2) is 0 Å². The number of rotatable bonds is 36. The molecule has 0 spiro atoms. The van der Waals surface area contributed by atoms with Crippen molar-refractivity contribution in [2.24, 2.45) is 0 Å². The minimum Gasteiger partial charge on any atom is -0.756 e. The molecule has 4 atom stereocenters. The maximum Gasteiger partial charge on any atom is 0.306 e. The molecule has 3 unspecified atom stereocenters. The van der Waals surface area contributed by atoms with Crippen molar-refractivity contribution in [1.82, 2.24) is 0 Å². The summed E-state index contributed by atoms with van der Waals surface area (Å²) in [5, 5.41) is 0. The van der Waals surface area contributed by atoms with Gasteiger partial charge in [0.05, 0.1) is 40.0 Å². The molecular weight excluding hydrogens is 669 g/mol. The van der Waals surface area contributed by atoms with Gasteiger partial charge < -0.3 is 32.6 Å². The Bertz CT molecular complexity index is 955. The number of phosphoric ester groups is 1. The highest BCUT2D eigenvalue weighted by Gasteiger charge is 2.36. The van der Waals surface area contributed by atoms with Crippen LogP contribution in [0.2, 0.25) is 0 Å². The molecule has 1 aliphatic rings. The van der Waals surface area contributed by atoms with Crippen molar-refractivity contribution in [3.8, 4) is 0 Å². The van der Waals surface area contributed by atoms with Gasteiger partial charge in [0.1, 0.15) is 19.8 Å². The van der Waals surface area contributed by atoms with Crippen molar-refractivity contribution in [3.63, 3.8) is 0 Å². The molecule has 300 valence electrons. The van der Waals surface area contributed by atoms with Crippen molar-refractivity contribution in [3.05, 3.63) is 12.2 Å². The van der Waals surface area contributed by atoms with Gasteiger partial charge in [0.2, 0.25) is 0 Å². The Morgan fingerprint density at radius 3 is 1.86 bits per heavy atom. The molecule has 1 fully saturated rings. The van der Waals surface area contributed by atoms with Crippen LogP contribution in [0.3, 0.4) is 0 Å². The molecule has 0 aromatic rings. The molecule has 1 rings (SSSR count). The van der Waals surface area contributed by atoms with Crippen LogP contribution in [0, 0.1) is 0 Å². The summed E-state index contributed by atoms with van der Waals surface area (Å²) < 4.78 is 39.5. The fraction of sp³-hybridized carbons (Fsp3) is 0.900. The average Bonchev–Trinajstić information content (AvgIpc) is 3.82. The normalized spacial score (nSPS) is 17.8. The second-order valence-corrected chi connectivity index (χ2v) is 16.8. The maximum absolute atomic E-state index is 12.6. The predicted molar refractivity (Wildman–Crippen MR) is 203 cm³/mol. The number of likely N-dealkylation sites (N-methyl/N-ethyl adjacent to an activating group) is 1. The van der Waals surface area contributed by atoms with Crippen molar-refractivity contribution < 1.29 is 46.8 Å². The van der Waals surface area contributed by atoms with Gasteiger partial charge in [-0.15, -0.1) is 0 Å². The van der Waals surface area contributed by atoms with E-state index in [0.717, 1.165) is 57.8 Å². The van der Waals surface area contributed by atoms with Crippen LogP contribution in [0.4, 0.5) is 0 Å². The third-order valence-electron chi connectivity index (χ3n) is 9.21. The molecule has 0 radical (unpaired) electrons. The lowest BCUT2D eigenvalue weighted by atomic mass is 10.1. The zero-order valence-corrected chi connectivity index (χ0v) is 34.1. The van der Waals surface area contributed by atoms with Crippen LogP contribution in [0.15, 0.2) is 12.2 Å². The second kappa shape index (κ2) is 30.1. The standard InChI is InChI=1S/C40H76NO9P/c1-6-8-10-11-12-13-14-15-20-23-27-31-40(43)49-36(35-48-51(44,45)47-33-32-41(3,4)5)34-46-39(42)30-26-22-19-17-16-18-21-25-29-38-37(50-38)28-24-9-7-2/h21,25,36-38H,6-20,22-24,26-35H2,1-5H3/b25-21-/t36-,37?,38?/m1/s1. The number of hydrogen-bond acceptors (Lipinski definition) is 9. The zero-order valence-electron chi connectivity index (χ0n) is 33.3. The molecular formula is C40H76NO9P. The van der Waals surface area contributed by atoms with Crippen LogP contribution in [0.5, 0.6) is 0 Å². The number of epoxide rings is 1. The summed E-state index contributed by atoms with van der Waals surface area (Å²) >= 11 is 0. The lowest BCUT2D eigenvalue weighted by molar-refractivity contribution is -0.870. The summed E-state index contributed by atoms with van der Waals surface area (Å²) in [6.07, 6.45) is 29.8. The third kappa shape index (κ3) is 30.8. The van der Waals surface area contributed by atoms with Gasteiger partial charge in [-0.3, -0.25) is 14.2 Å². The highest BCUT2D eigenvalue weighted by atomic mass is 31.2. The number of carbonyl (C=O) groups excluding carboxylic acids is 2. The zero-order chi connectivity index (χ0) is 37.6. The molecule has 0 saturated carbocycles. The van der Waals surface area contributed by atoms with Gasteiger partial charge >= 0.3 is 11.9 Å². The summed E-state index contributed by atoms with van der Waals surface area (Å²) in [4.78, 5) is 37.4. The Labute approximate surface area is 311 Å². The fourth-order valence-electron chi connectivity index (χ4n) is 5.84. The monoisotopic (exact) mass is 746 g/mol. The van der Waals surface area contributed by atoms with E-state index in [1.54, 1.807) is 0 Å². The minimum atomic E-state index is -4.62. The van der Waals surface area contributed by atoms with Gasteiger partial charge in [-0.05, 0) is 38.5 Å². The van der Waals surface area contributed by atoms with Crippen molar-refractivity contribution in [2.75, 3.05) is 47.5 Å². The van der Waals surface area contributed by atoms with Crippen molar-refractivity contribution in [2.45, 2.75) is 186 Å². The van der Waals surface area contributed by atoms with Crippen LogP contribution in [0.1, 0.15) is 168 Å². The van der Waals surface area contributed by atoms with E-state index >= 15 is 0 Å². The molecule has 0 bridgehead atoms.